The quantitative estimate of drug-likeness (QED) is 0.430. The highest BCUT2D eigenvalue weighted by molar-refractivity contribution is 5.94. The number of benzene rings is 1. The smallest absolute Gasteiger partial charge is 0.339 e. The van der Waals surface area contributed by atoms with Gasteiger partial charge in [0.15, 0.2) is 0 Å². The van der Waals surface area contributed by atoms with Gasteiger partial charge in [-0.25, -0.2) is 4.79 Å². The van der Waals surface area contributed by atoms with Crippen LogP contribution in [0, 0.1) is 6.92 Å². The molecule has 0 unspecified atom stereocenters. The van der Waals surface area contributed by atoms with Gasteiger partial charge in [0.1, 0.15) is 11.3 Å². The van der Waals surface area contributed by atoms with Crippen LogP contribution in [0.15, 0.2) is 12.1 Å². The minimum atomic E-state index is -1.17. The predicted octanol–water partition coefficient (Wildman–Crippen LogP) is 0.981. The zero-order chi connectivity index (χ0) is 9.30. The molecule has 12 heavy (non-hydrogen) atoms. The number of nitrogens with two attached hydrogens (primary N) is 1. The van der Waals surface area contributed by atoms with Crippen LogP contribution in [0.1, 0.15) is 15.9 Å². The summed E-state index contributed by atoms with van der Waals surface area (Å²) in [6.45, 7) is 1.55. The van der Waals surface area contributed by atoms with Gasteiger partial charge < -0.3 is 15.9 Å². The van der Waals surface area contributed by atoms with Crippen LogP contribution in [0.4, 0.5) is 5.69 Å². The Kier molecular flexibility index (Phi) is 1.91. The van der Waals surface area contributed by atoms with E-state index in [9.17, 15) is 4.79 Å². The van der Waals surface area contributed by atoms with Crippen LogP contribution in [0.2, 0.25) is 0 Å². The highest BCUT2D eigenvalue weighted by atomic mass is 16.4. The van der Waals surface area contributed by atoms with E-state index < -0.39 is 5.97 Å². The first-order valence-electron chi connectivity index (χ1n) is 3.35. The third kappa shape index (κ3) is 1.18. The monoisotopic (exact) mass is 167 g/mol. The SMILES string of the molecule is Cc1c(N)ccc(O)c1C(=O)O. The number of hydrogen-bond donors (Lipinski definition) is 3. The molecule has 0 bridgehead atoms. The predicted molar refractivity (Wildman–Crippen MR) is 44.2 cm³/mol. The van der Waals surface area contributed by atoms with Gasteiger partial charge in [-0.15, -0.1) is 0 Å². The van der Waals surface area contributed by atoms with Crippen LogP contribution in [0.25, 0.3) is 0 Å². The highest BCUT2D eigenvalue weighted by Crippen LogP contribution is 2.24. The van der Waals surface area contributed by atoms with E-state index in [2.05, 4.69) is 0 Å². The lowest BCUT2D eigenvalue weighted by Gasteiger charge is -2.05. The Morgan fingerprint density at radius 3 is 2.50 bits per heavy atom. The standard InChI is InChI=1S/C8H9NO3/c1-4-5(9)2-3-6(10)7(4)8(11)12/h2-3,10H,9H2,1H3,(H,11,12). The van der Waals surface area contributed by atoms with E-state index in [1.54, 1.807) is 6.92 Å². The molecule has 0 aromatic heterocycles. The Balaban J connectivity index is 3.43. The molecule has 4 heteroatoms. The molecule has 64 valence electrons. The van der Waals surface area contributed by atoms with Crippen molar-refractivity contribution in [2.45, 2.75) is 6.92 Å². The first kappa shape index (κ1) is 8.39. The number of phenols is 1. The fraction of sp³-hybridized carbons (Fsp3) is 0.125. The summed E-state index contributed by atoms with van der Waals surface area (Å²) in [5, 5.41) is 17.8. The lowest BCUT2D eigenvalue weighted by molar-refractivity contribution is 0.0693. The first-order chi connectivity index (χ1) is 5.54. The highest BCUT2D eigenvalue weighted by Gasteiger charge is 2.13. The van der Waals surface area contributed by atoms with E-state index in [4.69, 9.17) is 15.9 Å². The summed E-state index contributed by atoms with van der Waals surface area (Å²) in [6, 6.07) is 2.74. The van der Waals surface area contributed by atoms with Crippen LogP contribution in [-0.2, 0) is 0 Å². The van der Waals surface area contributed by atoms with Crippen molar-refractivity contribution < 1.29 is 15.0 Å². The number of carboxylic acid groups (broad SMARTS) is 1. The molecule has 1 aromatic rings. The van der Waals surface area contributed by atoms with Crippen LogP contribution in [0.5, 0.6) is 5.75 Å². The summed E-state index contributed by atoms with van der Waals surface area (Å²) in [5.74, 6) is -1.42. The molecule has 0 amide bonds. The Hall–Kier alpha value is -1.71. The van der Waals surface area contributed by atoms with Gasteiger partial charge in [0.25, 0.3) is 0 Å². The van der Waals surface area contributed by atoms with Crippen molar-refractivity contribution in [1.82, 2.24) is 0 Å². The van der Waals surface area contributed by atoms with Crippen molar-refractivity contribution in [3.63, 3.8) is 0 Å². The van der Waals surface area contributed by atoms with Crippen molar-refractivity contribution in [3.8, 4) is 5.75 Å². The van der Waals surface area contributed by atoms with Crippen molar-refractivity contribution in [2.75, 3.05) is 5.73 Å². The Morgan fingerprint density at radius 2 is 2.08 bits per heavy atom. The fourth-order valence-electron chi connectivity index (χ4n) is 0.983. The maximum Gasteiger partial charge on any atom is 0.339 e. The second-order valence-corrected chi connectivity index (χ2v) is 2.48. The average Bonchev–Trinajstić information content (AvgIpc) is 1.97. The van der Waals surface area contributed by atoms with Gasteiger partial charge >= 0.3 is 5.97 Å². The minimum Gasteiger partial charge on any atom is -0.507 e. The molecule has 0 heterocycles. The molecule has 0 aliphatic rings. The number of rotatable bonds is 1. The van der Waals surface area contributed by atoms with Crippen molar-refractivity contribution in [2.24, 2.45) is 0 Å². The summed E-state index contributed by atoms with van der Waals surface area (Å²) >= 11 is 0. The molecule has 1 aromatic carbocycles. The van der Waals surface area contributed by atoms with E-state index >= 15 is 0 Å². The number of carbonyl (C=O) groups is 1. The molecule has 0 aliphatic heterocycles. The van der Waals surface area contributed by atoms with Crippen LogP contribution in [-0.4, -0.2) is 16.2 Å². The van der Waals surface area contributed by atoms with Gasteiger partial charge in [0, 0.05) is 5.69 Å². The van der Waals surface area contributed by atoms with Crippen molar-refractivity contribution in [1.29, 1.82) is 0 Å². The zero-order valence-corrected chi connectivity index (χ0v) is 6.53. The van der Waals surface area contributed by atoms with Crippen LogP contribution in [0.3, 0.4) is 0 Å². The Bertz CT molecular complexity index is 333. The molecule has 0 saturated carbocycles. The van der Waals surface area contributed by atoms with Gasteiger partial charge in [-0.05, 0) is 24.6 Å². The molecular weight excluding hydrogens is 158 g/mol. The average molecular weight is 167 g/mol. The lowest BCUT2D eigenvalue weighted by Crippen LogP contribution is -2.02. The fourth-order valence-corrected chi connectivity index (χ4v) is 0.983. The number of aromatic carboxylic acids is 1. The first-order valence-corrected chi connectivity index (χ1v) is 3.35. The molecule has 0 fully saturated rings. The summed E-state index contributed by atoms with van der Waals surface area (Å²) in [4.78, 5) is 10.6. The third-order valence-corrected chi connectivity index (χ3v) is 1.70. The van der Waals surface area contributed by atoms with Gasteiger partial charge in [-0.2, -0.15) is 0 Å². The minimum absolute atomic E-state index is 0.130. The van der Waals surface area contributed by atoms with Crippen LogP contribution >= 0.6 is 0 Å². The Morgan fingerprint density at radius 1 is 1.50 bits per heavy atom. The molecule has 0 atom stereocenters. The van der Waals surface area contributed by atoms with Gasteiger partial charge in [-0.1, -0.05) is 0 Å². The number of anilines is 1. The topological polar surface area (TPSA) is 83.5 Å². The lowest BCUT2D eigenvalue weighted by atomic mass is 10.1. The molecule has 0 saturated heterocycles. The van der Waals surface area contributed by atoms with Gasteiger partial charge in [0.2, 0.25) is 0 Å². The number of carboxylic acids is 1. The van der Waals surface area contributed by atoms with Gasteiger partial charge in [-0.3, -0.25) is 0 Å². The third-order valence-electron chi connectivity index (χ3n) is 1.70. The van der Waals surface area contributed by atoms with E-state index in [1.807, 2.05) is 0 Å². The van der Waals surface area contributed by atoms with E-state index in [0.29, 0.717) is 11.3 Å². The van der Waals surface area contributed by atoms with Crippen molar-refractivity contribution in [3.05, 3.63) is 23.3 Å². The van der Waals surface area contributed by atoms with E-state index in [-0.39, 0.29) is 11.3 Å². The summed E-state index contributed by atoms with van der Waals surface area (Å²) in [5.41, 5.74) is 6.08. The molecule has 0 aliphatic carbocycles. The summed E-state index contributed by atoms with van der Waals surface area (Å²) in [7, 11) is 0. The van der Waals surface area contributed by atoms with E-state index in [1.165, 1.54) is 12.1 Å². The second-order valence-electron chi connectivity index (χ2n) is 2.48. The largest absolute Gasteiger partial charge is 0.507 e. The normalized spacial score (nSPS) is 9.75. The maximum absolute atomic E-state index is 10.6. The molecule has 4 N–H and O–H groups in total. The molecule has 4 nitrogen and oxygen atoms in total. The molecule has 0 spiro atoms. The summed E-state index contributed by atoms with van der Waals surface area (Å²) in [6.07, 6.45) is 0. The summed E-state index contributed by atoms with van der Waals surface area (Å²) < 4.78 is 0. The molecular formula is C8H9NO3. The molecule has 0 radical (unpaired) electrons. The van der Waals surface area contributed by atoms with E-state index in [0.717, 1.165) is 0 Å². The Labute approximate surface area is 69.3 Å². The van der Waals surface area contributed by atoms with Crippen molar-refractivity contribution >= 4 is 11.7 Å². The number of hydrogen-bond acceptors (Lipinski definition) is 3. The maximum atomic E-state index is 10.6. The zero-order valence-electron chi connectivity index (χ0n) is 6.53. The second kappa shape index (κ2) is 2.73. The number of nitrogen functional groups attached to an aromatic ring is 1. The number of aromatic hydroxyl groups is 1. The van der Waals surface area contributed by atoms with Crippen LogP contribution < -0.4 is 5.73 Å². The van der Waals surface area contributed by atoms with Gasteiger partial charge in [0.05, 0.1) is 0 Å². The molecule has 1 rings (SSSR count).